The SMILES string of the molecule is Cc1cc(N2C[C@H](C(=O)NC3CCN(C4CC4)CC3)CC2=O)ccc1Br. The lowest BCUT2D eigenvalue weighted by molar-refractivity contribution is -0.127. The second-order valence-electron chi connectivity index (χ2n) is 7.89. The molecule has 6 heteroatoms. The molecule has 2 amide bonds. The largest absolute Gasteiger partial charge is 0.353 e. The molecule has 0 unspecified atom stereocenters. The monoisotopic (exact) mass is 419 g/mol. The van der Waals surface area contributed by atoms with Crippen molar-refractivity contribution < 1.29 is 9.59 Å². The molecule has 26 heavy (non-hydrogen) atoms. The average molecular weight is 420 g/mol. The average Bonchev–Trinajstić information content (AvgIpc) is 3.40. The number of aryl methyl sites for hydroxylation is 1. The van der Waals surface area contributed by atoms with Crippen LogP contribution in [0.3, 0.4) is 0 Å². The van der Waals surface area contributed by atoms with Crippen LogP contribution in [0.2, 0.25) is 0 Å². The maximum atomic E-state index is 12.7. The molecule has 0 aromatic heterocycles. The number of piperidine rings is 1. The van der Waals surface area contributed by atoms with Crippen molar-refractivity contribution in [2.75, 3.05) is 24.5 Å². The van der Waals surface area contributed by atoms with Crippen molar-refractivity contribution in [1.82, 2.24) is 10.2 Å². The van der Waals surface area contributed by atoms with E-state index in [9.17, 15) is 9.59 Å². The van der Waals surface area contributed by atoms with Gasteiger partial charge in [0.15, 0.2) is 0 Å². The van der Waals surface area contributed by atoms with Crippen molar-refractivity contribution in [2.45, 2.75) is 51.1 Å². The molecule has 2 saturated heterocycles. The Balaban J connectivity index is 1.32. The van der Waals surface area contributed by atoms with Crippen molar-refractivity contribution >= 4 is 33.4 Å². The number of halogens is 1. The van der Waals surface area contributed by atoms with Gasteiger partial charge in [-0.1, -0.05) is 15.9 Å². The Kier molecular flexibility index (Phi) is 5.06. The van der Waals surface area contributed by atoms with Gasteiger partial charge in [-0.3, -0.25) is 9.59 Å². The highest BCUT2D eigenvalue weighted by atomic mass is 79.9. The number of amides is 2. The third kappa shape index (κ3) is 3.81. The van der Waals surface area contributed by atoms with Gasteiger partial charge in [0, 0.05) is 48.3 Å². The highest BCUT2D eigenvalue weighted by Crippen LogP contribution is 2.30. The minimum Gasteiger partial charge on any atom is -0.353 e. The summed E-state index contributed by atoms with van der Waals surface area (Å²) in [7, 11) is 0. The maximum absolute atomic E-state index is 12.7. The van der Waals surface area contributed by atoms with Crippen LogP contribution in [-0.2, 0) is 9.59 Å². The predicted molar refractivity (Wildman–Crippen MR) is 105 cm³/mol. The van der Waals surface area contributed by atoms with Crippen molar-refractivity contribution in [3.63, 3.8) is 0 Å². The number of rotatable bonds is 4. The van der Waals surface area contributed by atoms with Crippen LogP contribution in [0, 0.1) is 12.8 Å². The second kappa shape index (κ2) is 7.31. The first-order valence-corrected chi connectivity index (χ1v) is 10.4. The Morgan fingerprint density at radius 3 is 2.58 bits per heavy atom. The highest BCUT2D eigenvalue weighted by Gasteiger charge is 2.37. The summed E-state index contributed by atoms with van der Waals surface area (Å²) in [4.78, 5) is 29.4. The first-order chi connectivity index (χ1) is 12.5. The van der Waals surface area contributed by atoms with Gasteiger partial charge in [0.05, 0.1) is 5.92 Å². The molecule has 1 N–H and O–H groups in total. The number of nitrogens with zero attached hydrogens (tertiary/aromatic N) is 2. The molecular formula is C20H26BrN3O2. The maximum Gasteiger partial charge on any atom is 0.227 e. The van der Waals surface area contributed by atoms with Gasteiger partial charge in [-0.05, 0) is 56.4 Å². The zero-order valence-electron chi connectivity index (χ0n) is 15.2. The summed E-state index contributed by atoms with van der Waals surface area (Å²) in [5.74, 6) is -0.164. The fourth-order valence-electron chi connectivity index (χ4n) is 4.10. The van der Waals surface area contributed by atoms with E-state index in [-0.39, 0.29) is 23.8 Å². The molecule has 1 atom stereocenters. The van der Waals surface area contributed by atoms with Crippen molar-refractivity contribution in [3.8, 4) is 0 Å². The lowest BCUT2D eigenvalue weighted by Crippen LogP contribution is -2.47. The fourth-order valence-corrected chi connectivity index (χ4v) is 4.34. The molecule has 5 nitrogen and oxygen atoms in total. The molecule has 3 aliphatic rings. The van der Waals surface area contributed by atoms with E-state index < -0.39 is 0 Å². The number of benzene rings is 1. The Bertz CT molecular complexity index is 711. The number of likely N-dealkylation sites (tertiary alicyclic amines) is 1. The summed E-state index contributed by atoms with van der Waals surface area (Å²) in [6, 6.07) is 6.95. The molecule has 140 valence electrons. The number of hydrogen-bond acceptors (Lipinski definition) is 3. The first-order valence-electron chi connectivity index (χ1n) is 9.62. The van der Waals surface area contributed by atoms with Gasteiger partial charge < -0.3 is 15.1 Å². The number of carbonyl (C=O) groups is 2. The van der Waals surface area contributed by atoms with Gasteiger partial charge in [0.1, 0.15) is 0 Å². The Morgan fingerprint density at radius 2 is 1.92 bits per heavy atom. The zero-order valence-corrected chi connectivity index (χ0v) is 16.8. The second-order valence-corrected chi connectivity index (χ2v) is 8.74. The number of carbonyl (C=O) groups excluding carboxylic acids is 2. The van der Waals surface area contributed by atoms with Gasteiger partial charge in [0.25, 0.3) is 0 Å². The van der Waals surface area contributed by atoms with Gasteiger partial charge in [0.2, 0.25) is 11.8 Å². The predicted octanol–water partition coefficient (Wildman–Crippen LogP) is 2.85. The summed E-state index contributed by atoms with van der Waals surface area (Å²) in [5.41, 5.74) is 1.97. The molecule has 2 heterocycles. The Morgan fingerprint density at radius 1 is 1.19 bits per heavy atom. The van der Waals surface area contributed by atoms with E-state index >= 15 is 0 Å². The zero-order chi connectivity index (χ0) is 18.3. The van der Waals surface area contributed by atoms with Gasteiger partial charge in [-0.15, -0.1) is 0 Å². The van der Waals surface area contributed by atoms with Gasteiger partial charge in [-0.2, -0.15) is 0 Å². The molecule has 3 fully saturated rings. The fraction of sp³-hybridized carbons (Fsp3) is 0.600. The lowest BCUT2D eigenvalue weighted by atomic mass is 10.0. The molecule has 4 rings (SSSR count). The Hall–Kier alpha value is -1.40. The number of nitrogens with one attached hydrogen (secondary N) is 1. The first kappa shape index (κ1) is 18.0. The quantitative estimate of drug-likeness (QED) is 0.815. The van der Waals surface area contributed by atoms with E-state index in [2.05, 4.69) is 26.1 Å². The van der Waals surface area contributed by atoms with E-state index in [1.165, 1.54) is 12.8 Å². The third-order valence-electron chi connectivity index (χ3n) is 5.89. The molecule has 1 aromatic carbocycles. The van der Waals surface area contributed by atoms with E-state index in [0.717, 1.165) is 47.7 Å². The van der Waals surface area contributed by atoms with Crippen molar-refractivity contribution in [2.24, 2.45) is 5.92 Å². The highest BCUT2D eigenvalue weighted by molar-refractivity contribution is 9.10. The van der Waals surface area contributed by atoms with E-state index in [1.54, 1.807) is 4.90 Å². The lowest BCUT2D eigenvalue weighted by Gasteiger charge is -2.32. The normalized spacial score (nSPS) is 24.9. The van der Waals surface area contributed by atoms with Crippen molar-refractivity contribution in [3.05, 3.63) is 28.2 Å². The number of anilines is 1. The topological polar surface area (TPSA) is 52.7 Å². The minimum absolute atomic E-state index is 0.0374. The molecule has 1 aromatic rings. The third-order valence-corrected chi connectivity index (χ3v) is 6.78. The summed E-state index contributed by atoms with van der Waals surface area (Å²) < 4.78 is 1.03. The van der Waals surface area contributed by atoms with E-state index in [0.29, 0.717) is 13.0 Å². The summed E-state index contributed by atoms with van der Waals surface area (Å²) >= 11 is 3.49. The van der Waals surface area contributed by atoms with Crippen LogP contribution in [0.5, 0.6) is 0 Å². The summed E-state index contributed by atoms with van der Waals surface area (Å²) in [6.07, 6.45) is 5.04. The molecule has 2 aliphatic heterocycles. The van der Waals surface area contributed by atoms with Crippen LogP contribution in [-0.4, -0.2) is 48.4 Å². The minimum atomic E-state index is -0.243. The van der Waals surface area contributed by atoms with Crippen LogP contribution in [0.25, 0.3) is 0 Å². The summed E-state index contributed by atoms with van der Waals surface area (Å²) in [6.45, 7) is 4.66. The number of hydrogen-bond donors (Lipinski definition) is 1. The molecule has 0 radical (unpaired) electrons. The summed E-state index contributed by atoms with van der Waals surface area (Å²) in [5, 5.41) is 3.20. The van der Waals surface area contributed by atoms with Crippen LogP contribution < -0.4 is 10.2 Å². The van der Waals surface area contributed by atoms with Gasteiger partial charge in [-0.25, -0.2) is 0 Å². The van der Waals surface area contributed by atoms with Crippen LogP contribution in [0.15, 0.2) is 22.7 Å². The molecular weight excluding hydrogens is 394 g/mol. The van der Waals surface area contributed by atoms with Crippen molar-refractivity contribution in [1.29, 1.82) is 0 Å². The van der Waals surface area contributed by atoms with Crippen LogP contribution in [0.1, 0.15) is 37.7 Å². The van der Waals surface area contributed by atoms with Gasteiger partial charge >= 0.3 is 0 Å². The molecule has 0 spiro atoms. The van der Waals surface area contributed by atoms with Crippen LogP contribution >= 0.6 is 15.9 Å². The van der Waals surface area contributed by atoms with E-state index in [4.69, 9.17) is 0 Å². The Labute approximate surface area is 163 Å². The molecule has 1 aliphatic carbocycles. The molecule has 1 saturated carbocycles. The standard InChI is InChI=1S/C20H26BrN3O2/c1-13-10-17(4-5-18(13)21)24-12-14(11-19(24)25)20(26)22-15-6-8-23(9-7-15)16-2-3-16/h4-5,10,14-16H,2-3,6-9,11-12H2,1H3,(H,22,26)/t14-/m1/s1. The molecule has 0 bridgehead atoms. The van der Waals surface area contributed by atoms with E-state index in [1.807, 2.05) is 25.1 Å². The van der Waals surface area contributed by atoms with Crippen LogP contribution in [0.4, 0.5) is 5.69 Å². The smallest absolute Gasteiger partial charge is 0.227 e.